The maximum atomic E-state index is 13.6. The van der Waals surface area contributed by atoms with Gasteiger partial charge in [0.25, 0.3) is 5.91 Å². The molecule has 1 amide bonds. The number of carbonyl (C=O) groups excluding carboxylic acids is 1. The van der Waals surface area contributed by atoms with Gasteiger partial charge in [-0.2, -0.15) is 0 Å². The van der Waals surface area contributed by atoms with Crippen LogP contribution >= 0.6 is 11.6 Å². The Morgan fingerprint density at radius 1 is 1.00 bits per heavy atom. The second-order valence-electron chi connectivity index (χ2n) is 6.33. The van der Waals surface area contributed by atoms with Crippen LogP contribution in [-0.4, -0.2) is 24.0 Å². The number of rotatable bonds is 8. The van der Waals surface area contributed by atoms with Crippen LogP contribution in [0.15, 0.2) is 66.9 Å². The molecule has 0 radical (unpaired) electrons. The summed E-state index contributed by atoms with van der Waals surface area (Å²) in [7, 11) is 0. The zero-order chi connectivity index (χ0) is 19.8. The topological polar surface area (TPSA) is 54.0 Å². The summed E-state index contributed by atoms with van der Waals surface area (Å²) in [5.74, 6) is 0.160. The van der Waals surface area contributed by atoms with Gasteiger partial charge < -0.3 is 10.6 Å². The fourth-order valence-electron chi connectivity index (χ4n) is 2.81. The van der Waals surface area contributed by atoms with Crippen molar-refractivity contribution in [2.24, 2.45) is 0 Å². The molecule has 0 unspecified atom stereocenters. The molecule has 0 aliphatic carbocycles. The number of nitrogens with one attached hydrogen (secondary N) is 2. The average molecular weight is 398 g/mol. The van der Waals surface area contributed by atoms with Crippen molar-refractivity contribution in [3.63, 3.8) is 0 Å². The third kappa shape index (κ3) is 5.79. The minimum atomic E-state index is -0.258. The summed E-state index contributed by atoms with van der Waals surface area (Å²) in [6.45, 7) is 1.03. The van der Waals surface area contributed by atoms with E-state index in [9.17, 15) is 9.18 Å². The van der Waals surface area contributed by atoms with Gasteiger partial charge in [0.2, 0.25) is 0 Å². The molecule has 3 aromatic rings. The van der Waals surface area contributed by atoms with Crippen molar-refractivity contribution in [2.45, 2.75) is 12.8 Å². The van der Waals surface area contributed by atoms with E-state index in [1.54, 1.807) is 36.5 Å². The fraction of sp³-hybridized carbons (Fsp3) is 0.182. The number of hydrogen-bond acceptors (Lipinski definition) is 3. The number of anilines is 1. The summed E-state index contributed by atoms with van der Waals surface area (Å²) in [4.78, 5) is 16.6. The summed E-state index contributed by atoms with van der Waals surface area (Å²) in [6.07, 6.45) is 2.82. The molecule has 1 aromatic heterocycles. The molecule has 144 valence electrons. The second kappa shape index (κ2) is 9.85. The van der Waals surface area contributed by atoms with Gasteiger partial charge in [0.1, 0.15) is 11.6 Å². The van der Waals surface area contributed by atoms with Gasteiger partial charge in [-0.05, 0) is 54.3 Å². The zero-order valence-corrected chi connectivity index (χ0v) is 16.0. The number of carbonyl (C=O) groups is 1. The monoisotopic (exact) mass is 397 g/mol. The van der Waals surface area contributed by atoms with Crippen LogP contribution in [0.4, 0.5) is 10.2 Å². The van der Waals surface area contributed by atoms with E-state index < -0.39 is 0 Å². The molecule has 2 N–H and O–H groups in total. The Hall–Kier alpha value is -2.92. The predicted octanol–water partition coefficient (Wildman–Crippen LogP) is 4.50. The van der Waals surface area contributed by atoms with Gasteiger partial charge in [0.05, 0.1) is 0 Å². The highest BCUT2D eigenvalue weighted by molar-refractivity contribution is 6.30. The van der Waals surface area contributed by atoms with Crippen LogP contribution in [-0.2, 0) is 12.8 Å². The van der Waals surface area contributed by atoms with Crippen molar-refractivity contribution in [2.75, 3.05) is 18.4 Å². The van der Waals surface area contributed by atoms with Gasteiger partial charge in [0, 0.05) is 29.9 Å². The van der Waals surface area contributed by atoms with Crippen LogP contribution in [0.1, 0.15) is 21.5 Å². The third-order valence-corrected chi connectivity index (χ3v) is 4.50. The molecule has 0 atom stereocenters. The van der Waals surface area contributed by atoms with Gasteiger partial charge in [0.15, 0.2) is 0 Å². The van der Waals surface area contributed by atoms with E-state index in [0.717, 1.165) is 12.0 Å². The Labute approximate surface area is 168 Å². The molecule has 3 rings (SSSR count). The highest BCUT2D eigenvalue weighted by atomic mass is 35.5. The number of benzene rings is 2. The zero-order valence-electron chi connectivity index (χ0n) is 15.3. The van der Waals surface area contributed by atoms with E-state index in [2.05, 4.69) is 15.6 Å². The molecular weight excluding hydrogens is 377 g/mol. The first-order valence-corrected chi connectivity index (χ1v) is 9.45. The van der Waals surface area contributed by atoms with Crippen molar-refractivity contribution in [1.82, 2.24) is 10.3 Å². The maximum absolute atomic E-state index is 13.6. The molecular formula is C22H21ClFN3O. The first-order chi connectivity index (χ1) is 13.6. The first-order valence-electron chi connectivity index (χ1n) is 9.08. The summed E-state index contributed by atoms with van der Waals surface area (Å²) in [5, 5.41) is 6.74. The van der Waals surface area contributed by atoms with Crippen LogP contribution in [0.5, 0.6) is 0 Å². The quantitative estimate of drug-likeness (QED) is 0.588. The number of halogens is 2. The molecule has 0 fully saturated rings. The second-order valence-corrected chi connectivity index (χ2v) is 6.77. The lowest BCUT2D eigenvalue weighted by Gasteiger charge is -2.09. The van der Waals surface area contributed by atoms with E-state index in [4.69, 9.17) is 11.6 Å². The summed E-state index contributed by atoms with van der Waals surface area (Å²) in [5.41, 5.74) is 2.22. The first kappa shape index (κ1) is 19.8. The summed E-state index contributed by atoms with van der Waals surface area (Å²) in [6, 6.07) is 17.6. The molecule has 0 spiro atoms. The predicted molar refractivity (Wildman–Crippen MR) is 110 cm³/mol. The Bertz CT molecular complexity index is 948. The molecule has 1 heterocycles. The van der Waals surface area contributed by atoms with Gasteiger partial charge in [-0.1, -0.05) is 41.9 Å². The van der Waals surface area contributed by atoms with Crippen LogP contribution in [0.2, 0.25) is 5.02 Å². The Balaban J connectivity index is 1.49. The average Bonchev–Trinajstić information content (AvgIpc) is 2.70. The molecule has 6 heteroatoms. The molecule has 0 saturated heterocycles. The van der Waals surface area contributed by atoms with Crippen LogP contribution in [0, 0.1) is 5.82 Å². The van der Waals surface area contributed by atoms with Gasteiger partial charge in [-0.3, -0.25) is 4.79 Å². The molecule has 0 aliphatic heterocycles. The molecule has 4 nitrogen and oxygen atoms in total. The lowest BCUT2D eigenvalue weighted by Crippen LogP contribution is -2.26. The summed E-state index contributed by atoms with van der Waals surface area (Å²) >= 11 is 5.99. The van der Waals surface area contributed by atoms with Gasteiger partial charge >= 0.3 is 0 Å². The molecule has 0 aliphatic rings. The van der Waals surface area contributed by atoms with Crippen LogP contribution < -0.4 is 10.6 Å². The van der Waals surface area contributed by atoms with Crippen LogP contribution in [0.3, 0.4) is 0 Å². The van der Waals surface area contributed by atoms with Crippen molar-refractivity contribution >= 4 is 23.3 Å². The lowest BCUT2D eigenvalue weighted by atomic mass is 10.1. The number of aromatic nitrogens is 1. The van der Waals surface area contributed by atoms with Crippen molar-refractivity contribution < 1.29 is 9.18 Å². The van der Waals surface area contributed by atoms with Crippen molar-refractivity contribution in [3.8, 4) is 0 Å². The smallest absolute Gasteiger partial charge is 0.251 e. The molecule has 0 bridgehead atoms. The van der Waals surface area contributed by atoms with Crippen LogP contribution in [0.25, 0.3) is 0 Å². The SMILES string of the molecule is O=C(NCCc1ccccc1F)c1ccnc(NCCc2cccc(Cl)c2)c1. The normalized spacial score (nSPS) is 10.5. The number of hydrogen-bond donors (Lipinski definition) is 2. The van der Waals surface area contributed by atoms with E-state index in [0.29, 0.717) is 41.5 Å². The fourth-order valence-corrected chi connectivity index (χ4v) is 3.02. The van der Waals surface area contributed by atoms with Gasteiger partial charge in [-0.15, -0.1) is 0 Å². The van der Waals surface area contributed by atoms with Crippen molar-refractivity contribution in [1.29, 1.82) is 0 Å². The number of nitrogens with zero attached hydrogens (tertiary/aromatic N) is 1. The Morgan fingerprint density at radius 3 is 2.68 bits per heavy atom. The van der Waals surface area contributed by atoms with E-state index in [-0.39, 0.29) is 11.7 Å². The number of amides is 1. The minimum Gasteiger partial charge on any atom is -0.370 e. The maximum Gasteiger partial charge on any atom is 0.251 e. The summed E-state index contributed by atoms with van der Waals surface area (Å²) < 4.78 is 13.6. The van der Waals surface area contributed by atoms with Gasteiger partial charge in [-0.25, -0.2) is 9.37 Å². The standard InChI is InChI=1S/C22H21ClFN3O/c23-19-6-3-4-16(14-19)8-11-25-21-15-18(10-12-26-21)22(28)27-13-9-17-5-1-2-7-20(17)24/h1-7,10,12,14-15H,8-9,11,13H2,(H,25,26)(H,27,28). The number of pyridine rings is 1. The third-order valence-electron chi connectivity index (χ3n) is 4.27. The molecule has 28 heavy (non-hydrogen) atoms. The largest absolute Gasteiger partial charge is 0.370 e. The Morgan fingerprint density at radius 2 is 1.86 bits per heavy atom. The Kier molecular flexibility index (Phi) is 6.98. The molecule has 2 aromatic carbocycles. The van der Waals surface area contributed by atoms with Crippen molar-refractivity contribution in [3.05, 3.63) is 94.4 Å². The molecule has 0 saturated carbocycles. The highest BCUT2D eigenvalue weighted by Gasteiger charge is 2.07. The van der Waals surface area contributed by atoms with E-state index >= 15 is 0 Å². The minimum absolute atomic E-state index is 0.211. The highest BCUT2D eigenvalue weighted by Crippen LogP contribution is 2.12. The van der Waals surface area contributed by atoms with E-state index in [1.807, 2.05) is 24.3 Å². The van der Waals surface area contributed by atoms with E-state index in [1.165, 1.54) is 6.07 Å². The lowest BCUT2D eigenvalue weighted by molar-refractivity contribution is 0.0954.